The van der Waals surface area contributed by atoms with Gasteiger partial charge < -0.3 is 19.2 Å². The molecule has 1 amide bonds. The van der Waals surface area contributed by atoms with Gasteiger partial charge in [0, 0.05) is 56.7 Å². The first-order chi connectivity index (χ1) is 21.4. The quantitative estimate of drug-likeness (QED) is 0.178. The molecule has 0 radical (unpaired) electrons. The van der Waals surface area contributed by atoms with Crippen molar-refractivity contribution in [2.24, 2.45) is 0 Å². The van der Waals surface area contributed by atoms with Crippen molar-refractivity contribution in [1.29, 1.82) is 5.26 Å². The highest BCUT2D eigenvalue weighted by Gasteiger charge is 2.47. The molecule has 12 heteroatoms. The van der Waals surface area contributed by atoms with Gasteiger partial charge in [-0.25, -0.2) is 19.4 Å². The van der Waals surface area contributed by atoms with Gasteiger partial charge in [-0.2, -0.15) is 10.4 Å². The average molecular weight is 648 g/mol. The summed E-state index contributed by atoms with van der Waals surface area (Å²) in [6.45, 7) is 22.6. The van der Waals surface area contributed by atoms with E-state index >= 15 is 0 Å². The number of nitrogens with one attached hydrogen (secondary N) is 1. The van der Waals surface area contributed by atoms with E-state index in [1.807, 2.05) is 50.6 Å². The van der Waals surface area contributed by atoms with Crippen molar-refractivity contribution >= 4 is 31.9 Å². The number of methoxy groups -OCH3 is 1. The van der Waals surface area contributed by atoms with Crippen molar-refractivity contribution in [3.8, 4) is 17.3 Å². The van der Waals surface area contributed by atoms with Crippen LogP contribution >= 0.6 is 0 Å². The number of hydrogen-bond acceptors (Lipinski definition) is 9. The first-order valence-electron chi connectivity index (χ1n) is 15.7. The zero-order chi connectivity index (χ0) is 34.1. The number of ether oxygens (including phenoxy) is 2. The molecule has 46 heavy (non-hydrogen) atoms. The third-order valence-electron chi connectivity index (χ3n) is 8.64. The number of benzene rings is 1. The van der Waals surface area contributed by atoms with Gasteiger partial charge in [-0.15, -0.1) is 0 Å². The van der Waals surface area contributed by atoms with Crippen LogP contribution in [0.3, 0.4) is 0 Å². The number of carbonyl (C=O) groups is 1. The molecule has 0 spiro atoms. The van der Waals surface area contributed by atoms with E-state index in [4.69, 9.17) is 18.9 Å². The summed E-state index contributed by atoms with van der Waals surface area (Å²) in [7, 11) is -0.446. The monoisotopic (exact) mass is 647 g/mol. The molecule has 0 saturated carbocycles. The Morgan fingerprint density at radius 3 is 2.52 bits per heavy atom. The van der Waals surface area contributed by atoms with Crippen LogP contribution in [0, 0.1) is 18.3 Å². The standard InChI is InChI=1S/C34H49N7O4Si/c1-23-17-28(41(39-23)15-12-16-43-9)38-30-36-14-13-27(37-30)24-18-25(20-35)29-26(19-24)34(8,22-44-46(10,11)33(5,6)7)21-40(29)31(42)45-32(2,3)4/h13-14,17-19H,12,15-16,21-22H2,1-11H3,(H,36,37,38)/t34-/m0/s1. The van der Waals surface area contributed by atoms with Gasteiger partial charge in [-0.3, -0.25) is 4.90 Å². The van der Waals surface area contributed by atoms with Crippen LogP contribution in [-0.4, -0.2) is 66.6 Å². The minimum absolute atomic E-state index is 0.0113. The van der Waals surface area contributed by atoms with E-state index in [0.717, 1.165) is 29.1 Å². The normalized spacial score (nSPS) is 16.7. The predicted molar refractivity (Wildman–Crippen MR) is 183 cm³/mol. The van der Waals surface area contributed by atoms with Gasteiger partial charge >= 0.3 is 6.09 Å². The van der Waals surface area contributed by atoms with Gasteiger partial charge in [0.2, 0.25) is 5.95 Å². The zero-order valence-electron chi connectivity index (χ0n) is 29.2. The fourth-order valence-corrected chi connectivity index (χ4v) is 6.27. The number of hydrogen-bond donors (Lipinski definition) is 1. The van der Waals surface area contributed by atoms with Crippen LogP contribution in [-0.2, 0) is 25.9 Å². The van der Waals surface area contributed by atoms with Crippen molar-refractivity contribution in [2.45, 2.75) is 97.5 Å². The highest BCUT2D eigenvalue weighted by Crippen LogP contribution is 2.47. The summed E-state index contributed by atoms with van der Waals surface area (Å²) in [5.74, 6) is 1.18. The van der Waals surface area contributed by atoms with E-state index in [1.165, 1.54) is 0 Å². The number of amides is 1. The molecule has 11 nitrogen and oxygen atoms in total. The lowest BCUT2D eigenvalue weighted by atomic mass is 9.83. The van der Waals surface area contributed by atoms with Crippen LogP contribution in [0.2, 0.25) is 18.1 Å². The molecule has 0 saturated heterocycles. The van der Waals surface area contributed by atoms with Crippen LogP contribution in [0.25, 0.3) is 11.3 Å². The Hall–Kier alpha value is -3.79. The number of nitrogens with zero attached hydrogens (tertiary/aromatic N) is 6. The molecule has 1 aromatic carbocycles. The van der Waals surface area contributed by atoms with Gasteiger partial charge in [0.25, 0.3) is 0 Å². The molecule has 1 atom stereocenters. The third-order valence-corrected chi connectivity index (χ3v) is 13.1. The molecule has 0 aliphatic carbocycles. The number of rotatable bonds is 10. The summed E-state index contributed by atoms with van der Waals surface area (Å²) in [6.07, 6.45) is 2.02. The highest BCUT2D eigenvalue weighted by atomic mass is 28.4. The average Bonchev–Trinajstić information content (AvgIpc) is 3.46. The Labute approximate surface area is 274 Å². The molecule has 0 unspecified atom stereocenters. The lowest BCUT2D eigenvalue weighted by Gasteiger charge is -2.39. The summed E-state index contributed by atoms with van der Waals surface area (Å²) in [5.41, 5.74) is 2.76. The van der Waals surface area contributed by atoms with Crippen molar-refractivity contribution in [3.63, 3.8) is 0 Å². The van der Waals surface area contributed by atoms with E-state index < -0.39 is 25.4 Å². The first-order valence-corrected chi connectivity index (χ1v) is 18.7. The molecule has 3 heterocycles. The van der Waals surface area contributed by atoms with Gasteiger partial charge in [0.1, 0.15) is 17.5 Å². The van der Waals surface area contributed by atoms with Crippen LogP contribution in [0.4, 0.5) is 22.2 Å². The second kappa shape index (κ2) is 13.1. The maximum absolute atomic E-state index is 13.5. The van der Waals surface area contributed by atoms with E-state index in [1.54, 1.807) is 24.3 Å². The number of fused-ring (bicyclic) bond motifs is 1. The Morgan fingerprint density at radius 2 is 1.89 bits per heavy atom. The molecule has 248 valence electrons. The van der Waals surface area contributed by atoms with E-state index in [2.05, 4.69) is 62.3 Å². The van der Waals surface area contributed by atoms with Crippen LogP contribution in [0.5, 0.6) is 0 Å². The van der Waals surface area contributed by atoms with E-state index in [0.29, 0.717) is 49.2 Å². The maximum Gasteiger partial charge on any atom is 0.414 e. The second-order valence-corrected chi connectivity index (χ2v) is 19.6. The van der Waals surface area contributed by atoms with Gasteiger partial charge in [0.15, 0.2) is 8.32 Å². The molecule has 0 bridgehead atoms. The predicted octanol–water partition coefficient (Wildman–Crippen LogP) is 7.33. The Kier molecular flexibility index (Phi) is 10.0. The summed E-state index contributed by atoms with van der Waals surface area (Å²) in [5, 5.41) is 18.3. The summed E-state index contributed by atoms with van der Waals surface area (Å²) in [6, 6.07) is 9.92. The fraction of sp³-hybridized carbons (Fsp3) is 0.559. The minimum Gasteiger partial charge on any atom is -0.443 e. The van der Waals surface area contributed by atoms with Gasteiger partial charge in [-0.05, 0) is 76.0 Å². The molecule has 0 fully saturated rings. The lowest BCUT2D eigenvalue weighted by molar-refractivity contribution is 0.0575. The zero-order valence-corrected chi connectivity index (χ0v) is 30.2. The molecular formula is C34H49N7O4Si. The Balaban J connectivity index is 1.76. The molecule has 2 aromatic heterocycles. The van der Waals surface area contributed by atoms with Crippen molar-refractivity contribution in [2.75, 3.05) is 37.1 Å². The SMILES string of the molecule is COCCCn1nc(C)cc1Nc1nccc(-c2cc(C#N)c3c(c2)[C@](C)(CO[Si](C)(C)C(C)(C)C)CN3C(=O)OC(C)(C)C)n1. The lowest BCUT2D eigenvalue weighted by Crippen LogP contribution is -2.46. The summed E-state index contributed by atoms with van der Waals surface area (Å²) >= 11 is 0. The fourth-order valence-electron chi connectivity index (χ4n) is 5.15. The number of carbonyl (C=O) groups excluding carboxylic acids is 1. The smallest absolute Gasteiger partial charge is 0.414 e. The number of anilines is 3. The largest absolute Gasteiger partial charge is 0.443 e. The molecule has 1 N–H and O–H groups in total. The van der Waals surface area contributed by atoms with Crippen LogP contribution < -0.4 is 10.2 Å². The van der Waals surface area contributed by atoms with Crippen LogP contribution in [0.15, 0.2) is 30.5 Å². The van der Waals surface area contributed by atoms with Crippen molar-refractivity contribution in [3.05, 3.63) is 47.3 Å². The minimum atomic E-state index is -2.13. The topological polar surface area (TPSA) is 127 Å². The number of aromatic nitrogens is 4. The summed E-state index contributed by atoms with van der Waals surface area (Å²) in [4.78, 5) is 24.4. The van der Waals surface area contributed by atoms with Gasteiger partial charge in [-0.1, -0.05) is 27.7 Å². The van der Waals surface area contributed by atoms with Crippen molar-refractivity contribution in [1.82, 2.24) is 19.7 Å². The molecule has 3 aromatic rings. The van der Waals surface area contributed by atoms with E-state index in [-0.39, 0.29) is 5.04 Å². The number of aryl methyl sites for hydroxylation is 2. The van der Waals surface area contributed by atoms with E-state index in [9.17, 15) is 10.1 Å². The molecule has 1 aliphatic rings. The number of nitriles is 1. The Bertz CT molecular complexity index is 1620. The van der Waals surface area contributed by atoms with Crippen LogP contribution in [0.1, 0.15) is 71.7 Å². The van der Waals surface area contributed by atoms with Crippen molar-refractivity contribution < 1.29 is 18.7 Å². The Morgan fingerprint density at radius 1 is 1.17 bits per heavy atom. The maximum atomic E-state index is 13.5. The molecular weight excluding hydrogens is 599 g/mol. The second-order valence-electron chi connectivity index (χ2n) is 14.8. The molecule has 1 aliphatic heterocycles. The summed E-state index contributed by atoms with van der Waals surface area (Å²) < 4.78 is 19.6. The first kappa shape index (κ1) is 35.1. The highest BCUT2D eigenvalue weighted by molar-refractivity contribution is 6.74. The molecule has 4 rings (SSSR count). The third kappa shape index (κ3) is 7.77. The van der Waals surface area contributed by atoms with Gasteiger partial charge in [0.05, 0.1) is 22.6 Å².